The van der Waals surface area contributed by atoms with Gasteiger partial charge in [-0.25, -0.2) is 4.68 Å². The fourth-order valence-electron chi connectivity index (χ4n) is 4.37. The summed E-state index contributed by atoms with van der Waals surface area (Å²) in [6.07, 6.45) is 3.29. The van der Waals surface area contributed by atoms with Crippen LogP contribution >= 0.6 is 0 Å². The van der Waals surface area contributed by atoms with Crippen molar-refractivity contribution in [1.29, 1.82) is 0 Å². The summed E-state index contributed by atoms with van der Waals surface area (Å²) in [4.78, 5) is 26.9. The Morgan fingerprint density at radius 1 is 1.00 bits per heavy atom. The van der Waals surface area contributed by atoms with Gasteiger partial charge in [0.1, 0.15) is 5.82 Å². The van der Waals surface area contributed by atoms with Crippen molar-refractivity contribution in [3.63, 3.8) is 0 Å². The highest BCUT2D eigenvalue weighted by molar-refractivity contribution is 5.95. The monoisotopic (exact) mass is 430 g/mol. The van der Waals surface area contributed by atoms with Gasteiger partial charge in [-0.15, -0.1) is 0 Å². The minimum atomic E-state index is -0.162. The van der Waals surface area contributed by atoms with E-state index in [2.05, 4.69) is 12.2 Å². The predicted octanol–water partition coefficient (Wildman–Crippen LogP) is 5.13. The molecule has 0 spiro atoms. The average Bonchev–Trinajstić information content (AvgIpc) is 3.09. The van der Waals surface area contributed by atoms with E-state index in [4.69, 9.17) is 5.10 Å². The Morgan fingerprint density at radius 2 is 1.69 bits per heavy atom. The summed E-state index contributed by atoms with van der Waals surface area (Å²) in [5.41, 5.74) is 5.34. The molecule has 32 heavy (non-hydrogen) atoms. The Bertz CT molecular complexity index is 1130. The molecule has 2 heterocycles. The molecule has 3 aromatic rings. The van der Waals surface area contributed by atoms with Gasteiger partial charge in [-0.05, 0) is 69.9 Å². The summed E-state index contributed by atoms with van der Waals surface area (Å²) in [5, 5.41) is 7.67. The highest BCUT2D eigenvalue weighted by Crippen LogP contribution is 2.34. The number of aromatic nitrogens is 2. The SMILES string of the molecule is CC(=O)Nc1c(-c2ccc(C)cc2)c(C)nn1-c1ccc(C(=O)N2CCCC[C@@H]2C)cc1. The first-order valence-electron chi connectivity index (χ1n) is 11.2. The van der Waals surface area contributed by atoms with E-state index in [9.17, 15) is 9.59 Å². The number of nitrogens with one attached hydrogen (secondary N) is 1. The highest BCUT2D eigenvalue weighted by Gasteiger charge is 2.24. The van der Waals surface area contributed by atoms with Crippen molar-refractivity contribution < 1.29 is 9.59 Å². The van der Waals surface area contributed by atoms with Crippen molar-refractivity contribution in [2.45, 2.75) is 53.0 Å². The van der Waals surface area contributed by atoms with Gasteiger partial charge >= 0.3 is 0 Å². The topological polar surface area (TPSA) is 67.2 Å². The summed E-state index contributed by atoms with van der Waals surface area (Å²) in [7, 11) is 0. The zero-order chi connectivity index (χ0) is 22.8. The van der Waals surface area contributed by atoms with E-state index in [-0.39, 0.29) is 17.9 Å². The van der Waals surface area contributed by atoms with E-state index in [1.807, 2.05) is 67.3 Å². The van der Waals surface area contributed by atoms with Crippen LogP contribution in [0.2, 0.25) is 0 Å². The van der Waals surface area contributed by atoms with E-state index in [0.717, 1.165) is 41.9 Å². The van der Waals surface area contributed by atoms with Crippen LogP contribution in [0, 0.1) is 13.8 Å². The second kappa shape index (κ2) is 8.99. The molecule has 1 saturated heterocycles. The molecule has 0 saturated carbocycles. The Morgan fingerprint density at radius 3 is 2.31 bits per heavy atom. The number of anilines is 1. The molecule has 2 aromatic carbocycles. The second-order valence-electron chi connectivity index (χ2n) is 8.66. The molecular formula is C26H30N4O2. The number of benzene rings is 2. The van der Waals surface area contributed by atoms with Crippen molar-refractivity contribution in [3.05, 3.63) is 65.4 Å². The molecule has 1 aliphatic heterocycles. The first kappa shape index (κ1) is 21.8. The summed E-state index contributed by atoms with van der Waals surface area (Å²) >= 11 is 0. The molecule has 1 aromatic heterocycles. The van der Waals surface area contributed by atoms with Gasteiger partial charge < -0.3 is 10.2 Å². The van der Waals surface area contributed by atoms with E-state index in [0.29, 0.717) is 11.4 Å². The summed E-state index contributed by atoms with van der Waals surface area (Å²) in [6.45, 7) is 8.40. The molecule has 0 bridgehead atoms. The number of piperidine rings is 1. The average molecular weight is 431 g/mol. The fraction of sp³-hybridized carbons (Fsp3) is 0.346. The molecule has 2 amide bonds. The third-order valence-electron chi connectivity index (χ3n) is 6.12. The lowest BCUT2D eigenvalue weighted by atomic mass is 10.0. The molecule has 0 aliphatic carbocycles. The number of carbonyl (C=O) groups is 2. The van der Waals surface area contributed by atoms with Crippen LogP contribution in [0.15, 0.2) is 48.5 Å². The van der Waals surface area contributed by atoms with Crippen molar-refractivity contribution in [2.24, 2.45) is 0 Å². The maximum absolute atomic E-state index is 13.0. The lowest BCUT2D eigenvalue weighted by molar-refractivity contribution is -0.114. The number of nitrogens with zero attached hydrogens (tertiary/aromatic N) is 3. The van der Waals surface area contributed by atoms with Crippen molar-refractivity contribution >= 4 is 17.6 Å². The molecular weight excluding hydrogens is 400 g/mol. The normalized spacial score (nSPS) is 16.1. The van der Waals surface area contributed by atoms with Gasteiger partial charge in [0.05, 0.1) is 11.4 Å². The Kier molecular flexibility index (Phi) is 6.12. The van der Waals surface area contributed by atoms with Gasteiger partial charge in [0.25, 0.3) is 5.91 Å². The van der Waals surface area contributed by atoms with E-state index in [1.54, 1.807) is 4.68 Å². The number of hydrogen-bond donors (Lipinski definition) is 1. The van der Waals surface area contributed by atoms with E-state index in [1.165, 1.54) is 18.9 Å². The van der Waals surface area contributed by atoms with Crippen molar-refractivity contribution in [3.8, 4) is 16.8 Å². The molecule has 1 aliphatic rings. The summed E-state index contributed by atoms with van der Waals surface area (Å²) in [6, 6.07) is 15.9. The van der Waals surface area contributed by atoms with Crippen LogP contribution in [0.1, 0.15) is 54.7 Å². The molecule has 166 valence electrons. The maximum atomic E-state index is 13.0. The van der Waals surface area contributed by atoms with Crippen LogP contribution in [0.25, 0.3) is 16.8 Å². The lowest BCUT2D eigenvalue weighted by Crippen LogP contribution is -2.42. The fourth-order valence-corrected chi connectivity index (χ4v) is 4.37. The van der Waals surface area contributed by atoms with E-state index >= 15 is 0 Å². The molecule has 1 fully saturated rings. The minimum Gasteiger partial charge on any atom is -0.336 e. The molecule has 0 radical (unpaired) electrons. The van der Waals surface area contributed by atoms with Gasteiger partial charge in [-0.2, -0.15) is 5.10 Å². The smallest absolute Gasteiger partial charge is 0.254 e. The number of likely N-dealkylation sites (tertiary alicyclic amines) is 1. The predicted molar refractivity (Wildman–Crippen MR) is 127 cm³/mol. The van der Waals surface area contributed by atoms with Crippen LogP contribution in [0.4, 0.5) is 5.82 Å². The Labute approximate surface area is 189 Å². The van der Waals surface area contributed by atoms with Crippen LogP contribution < -0.4 is 5.32 Å². The van der Waals surface area contributed by atoms with Gasteiger partial charge in [-0.3, -0.25) is 9.59 Å². The second-order valence-corrected chi connectivity index (χ2v) is 8.66. The minimum absolute atomic E-state index is 0.0721. The van der Waals surface area contributed by atoms with Gasteiger partial charge in [0, 0.05) is 30.6 Å². The number of carbonyl (C=O) groups excluding carboxylic acids is 2. The van der Waals surface area contributed by atoms with Crippen LogP contribution in [0.3, 0.4) is 0 Å². The molecule has 0 unspecified atom stereocenters. The van der Waals surface area contributed by atoms with Gasteiger partial charge in [-0.1, -0.05) is 29.8 Å². The molecule has 6 nitrogen and oxygen atoms in total. The van der Waals surface area contributed by atoms with E-state index < -0.39 is 0 Å². The molecule has 1 atom stereocenters. The highest BCUT2D eigenvalue weighted by atomic mass is 16.2. The van der Waals surface area contributed by atoms with Gasteiger partial charge in [0.2, 0.25) is 5.91 Å². The Hall–Kier alpha value is -3.41. The maximum Gasteiger partial charge on any atom is 0.254 e. The van der Waals surface area contributed by atoms with Crippen LogP contribution in [-0.4, -0.2) is 39.1 Å². The lowest BCUT2D eigenvalue weighted by Gasteiger charge is -2.33. The summed E-state index contributed by atoms with van der Waals surface area (Å²) in [5.74, 6) is 0.538. The molecule has 1 N–H and O–H groups in total. The Balaban J connectivity index is 1.70. The quantitative estimate of drug-likeness (QED) is 0.624. The standard InChI is InChI=1S/C26H30N4O2/c1-17-8-10-21(11-9-17)24-19(3)28-30(25(24)27-20(4)31)23-14-12-22(13-15-23)26(32)29-16-6-5-7-18(29)2/h8-15,18H,5-7,16H2,1-4H3,(H,27,31)/t18-/m0/s1. The van der Waals surface area contributed by atoms with Crippen molar-refractivity contribution in [1.82, 2.24) is 14.7 Å². The van der Waals surface area contributed by atoms with Crippen LogP contribution in [-0.2, 0) is 4.79 Å². The zero-order valence-electron chi connectivity index (χ0n) is 19.2. The number of rotatable bonds is 4. The first-order valence-corrected chi connectivity index (χ1v) is 11.2. The number of amides is 2. The third-order valence-corrected chi connectivity index (χ3v) is 6.12. The first-order chi connectivity index (χ1) is 15.3. The third kappa shape index (κ3) is 4.31. The van der Waals surface area contributed by atoms with Gasteiger partial charge in [0.15, 0.2) is 0 Å². The van der Waals surface area contributed by atoms with Crippen LogP contribution in [0.5, 0.6) is 0 Å². The molecule has 6 heteroatoms. The number of hydrogen-bond acceptors (Lipinski definition) is 3. The number of aryl methyl sites for hydroxylation is 2. The summed E-state index contributed by atoms with van der Waals surface area (Å²) < 4.78 is 1.74. The van der Waals surface area contributed by atoms with Crippen molar-refractivity contribution in [2.75, 3.05) is 11.9 Å². The largest absolute Gasteiger partial charge is 0.336 e. The zero-order valence-corrected chi connectivity index (χ0v) is 19.2. The molecule has 4 rings (SSSR count).